The summed E-state index contributed by atoms with van der Waals surface area (Å²) in [6.07, 6.45) is -8.69. The van der Waals surface area contributed by atoms with Gasteiger partial charge in [0.25, 0.3) is 5.91 Å². The highest BCUT2D eigenvalue weighted by molar-refractivity contribution is 5.95. The van der Waals surface area contributed by atoms with Gasteiger partial charge in [-0.15, -0.1) is 0 Å². The molecule has 5 nitrogen and oxygen atoms in total. The van der Waals surface area contributed by atoms with Gasteiger partial charge in [0.1, 0.15) is 0 Å². The van der Waals surface area contributed by atoms with Crippen LogP contribution in [0.5, 0.6) is 0 Å². The van der Waals surface area contributed by atoms with Crippen LogP contribution in [0.1, 0.15) is 28.0 Å². The van der Waals surface area contributed by atoms with E-state index in [2.05, 4.69) is 10.4 Å². The first kappa shape index (κ1) is 20.7. The minimum atomic E-state index is -5.01. The average molecular weight is 395 g/mol. The lowest BCUT2D eigenvalue weighted by molar-refractivity contribution is -0.143. The molecule has 11 heteroatoms. The summed E-state index contributed by atoms with van der Waals surface area (Å²) in [5.74, 6) is -1.03. The van der Waals surface area contributed by atoms with Crippen LogP contribution in [0.15, 0.2) is 30.5 Å². The summed E-state index contributed by atoms with van der Waals surface area (Å²) in [5, 5.41) is 5.78. The Morgan fingerprint density at radius 2 is 1.89 bits per heavy atom. The van der Waals surface area contributed by atoms with Gasteiger partial charge in [-0.3, -0.25) is 4.79 Å². The molecule has 0 unspecified atom stereocenters. The molecule has 1 aromatic heterocycles. The van der Waals surface area contributed by atoms with Crippen molar-refractivity contribution in [1.82, 2.24) is 15.1 Å². The maximum Gasteiger partial charge on any atom is 0.434 e. The molecule has 0 fully saturated rings. The first-order valence-electron chi connectivity index (χ1n) is 7.65. The van der Waals surface area contributed by atoms with Crippen LogP contribution in [0.25, 0.3) is 5.69 Å². The molecule has 2 rings (SSSR count). The standard InChI is InChI=1S/C16H15F6N3O2/c1-27-7-3-6-23-14(26)12-9-24-25(13(12)16(20,21)22)11-5-2-4-10(8-11)15(17,18)19/h2,4-5,8-9H,3,6-7H2,1H3,(H,23,26). The third-order valence-electron chi connectivity index (χ3n) is 3.51. The third kappa shape index (κ3) is 5.00. The molecule has 0 saturated heterocycles. The molecule has 0 spiro atoms. The Bertz CT molecular complexity index is 798. The van der Waals surface area contributed by atoms with Crippen LogP contribution in [0.2, 0.25) is 0 Å². The van der Waals surface area contributed by atoms with E-state index in [1.807, 2.05) is 0 Å². The number of nitrogens with one attached hydrogen (secondary N) is 1. The lowest BCUT2D eigenvalue weighted by Gasteiger charge is -2.14. The summed E-state index contributed by atoms with van der Waals surface area (Å²) in [5.41, 5.74) is -3.83. The van der Waals surface area contributed by atoms with Crippen LogP contribution in [-0.2, 0) is 17.1 Å². The van der Waals surface area contributed by atoms with E-state index in [4.69, 9.17) is 4.74 Å². The number of benzene rings is 1. The second-order valence-corrected chi connectivity index (χ2v) is 5.47. The number of hydrogen-bond donors (Lipinski definition) is 1. The highest BCUT2D eigenvalue weighted by Gasteiger charge is 2.41. The van der Waals surface area contributed by atoms with E-state index in [9.17, 15) is 31.1 Å². The number of carbonyl (C=O) groups is 1. The van der Waals surface area contributed by atoms with Crippen molar-refractivity contribution in [2.75, 3.05) is 20.3 Å². The van der Waals surface area contributed by atoms with Crippen molar-refractivity contribution < 1.29 is 35.9 Å². The lowest BCUT2D eigenvalue weighted by Crippen LogP contribution is -2.28. The summed E-state index contributed by atoms with van der Waals surface area (Å²) in [7, 11) is 1.43. The van der Waals surface area contributed by atoms with Gasteiger partial charge in [-0.1, -0.05) is 6.07 Å². The van der Waals surface area contributed by atoms with Crippen LogP contribution in [0.4, 0.5) is 26.3 Å². The normalized spacial score (nSPS) is 12.3. The molecule has 0 aliphatic carbocycles. The Morgan fingerprint density at radius 1 is 1.19 bits per heavy atom. The minimum Gasteiger partial charge on any atom is -0.385 e. The molecule has 2 aromatic rings. The Labute approximate surface area is 149 Å². The molecule has 148 valence electrons. The Morgan fingerprint density at radius 3 is 2.48 bits per heavy atom. The van der Waals surface area contributed by atoms with Gasteiger partial charge in [0.15, 0.2) is 5.69 Å². The van der Waals surface area contributed by atoms with E-state index in [1.54, 1.807) is 0 Å². The summed E-state index contributed by atoms with van der Waals surface area (Å²) in [4.78, 5) is 12.1. The summed E-state index contributed by atoms with van der Waals surface area (Å²) in [6, 6.07) is 3.26. The number of nitrogens with zero attached hydrogens (tertiary/aromatic N) is 2. The van der Waals surface area contributed by atoms with E-state index in [1.165, 1.54) is 7.11 Å². The SMILES string of the molecule is COCCCNC(=O)c1cnn(-c2cccc(C(F)(F)F)c2)c1C(F)(F)F. The number of hydrogen-bond acceptors (Lipinski definition) is 3. The maximum atomic E-state index is 13.5. The van der Waals surface area contributed by atoms with Gasteiger partial charge in [0.05, 0.1) is 23.0 Å². The highest BCUT2D eigenvalue weighted by atomic mass is 19.4. The molecule has 1 amide bonds. The third-order valence-corrected chi connectivity index (χ3v) is 3.51. The van der Waals surface area contributed by atoms with E-state index in [-0.39, 0.29) is 11.2 Å². The van der Waals surface area contributed by atoms with E-state index >= 15 is 0 Å². The van der Waals surface area contributed by atoms with Crippen LogP contribution in [-0.4, -0.2) is 35.9 Å². The van der Waals surface area contributed by atoms with Crippen LogP contribution in [0.3, 0.4) is 0 Å². The molecule has 0 saturated carbocycles. The van der Waals surface area contributed by atoms with Crippen molar-refractivity contribution in [3.8, 4) is 5.69 Å². The Kier molecular flexibility index (Phi) is 6.14. The molecule has 1 aromatic carbocycles. The van der Waals surface area contributed by atoms with Gasteiger partial charge >= 0.3 is 12.4 Å². The van der Waals surface area contributed by atoms with Crippen molar-refractivity contribution in [2.45, 2.75) is 18.8 Å². The first-order chi connectivity index (χ1) is 12.6. The Balaban J connectivity index is 2.42. The summed E-state index contributed by atoms with van der Waals surface area (Å²) < 4.78 is 84.0. The van der Waals surface area contributed by atoms with Gasteiger partial charge in [-0.2, -0.15) is 31.4 Å². The van der Waals surface area contributed by atoms with Crippen LogP contribution in [0, 0.1) is 0 Å². The molecule has 1 heterocycles. The first-order valence-corrected chi connectivity index (χ1v) is 7.65. The van der Waals surface area contributed by atoms with Gasteiger partial charge in [0, 0.05) is 20.3 Å². The topological polar surface area (TPSA) is 56.1 Å². The second-order valence-electron chi connectivity index (χ2n) is 5.47. The van der Waals surface area contributed by atoms with Gasteiger partial charge in [-0.05, 0) is 24.6 Å². The molecule has 0 aliphatic heterocycles. The number of amides is 1. The van der Waals surface area contributed by atoms with Crippen molar-refractivity contribution in [3.05, 3.63) is 47.3 Å². The fourth-order valence-corrected chi connectivity index (χ4v) is 2.31. The van der Waals surface area contributed by atoms with Crippen molar-refractivity contribution >= 4 is 5.91 Å². The zero-order valence-electron chi connectivity index (χ0n) is 14.0. The Hall–Kier alpha value is -2.56. The number of alkyl halides is 6. The van der Waals surface area contributed by atoms with Gasteiger partial charge < -0.3 is 10.1 Å². The fraction of sp³-hybridized carbons (Fsp3) is 0.375. The number of halogens is 6. The minimum absolute atomic E-state index is 0.0682. The van der Waals surface area contributed by atoms with E-state index < -0.39 is 40.8 Å². The maximum absolute atomic E-state index is 13.5. The molecular weight excluding hydrogens is 380 g/mol. The van der Waals surface area contributed by atoms with Crippen molar-refractivity contribution in [1.29, 1.82) is 0 Å². The number of ether oxygens (including phenoxy) is 1. The lowest BCUT2D eigenvalue weighted by atomic mass is 10.1. The molecule has 1 N–H and O–H groups in total. The molecule has 0 atom stereocenters. The van der Waals surface area contributed by atoms with Crippen molar-refractivity contribution in [2.24, 2.45) is 0 Å². The number of rotatable bonds is 6. The number of carbonyl (C=O) groups excluding carboxylic acids is 1. The average Bonchev–Trinajstić information content (AvgIpc) is 3.03. The molecular formula is C16H15F6N3O2. The number of methoxy groups -OCH3 is 1. The van der Waals surface area contributed by atoms with Gasteiger partial charge in [0.2, 0.25) is 0 Å². The highest BCUT2D eigenvalue weighted by Crippen LogP contribution is 2.35. The monoisotopic (exact) mass is 395 g/mol. The zero-order valence-corrected chi connectivity index (χ0v) is 14.0. The smallest absolute Gasteiger partial charge is 0.385 e. The predicted octanol–water partition coefficient (Wildman–Crippen LogP) is 3.68. The molecule has 0 radical (unpaired) electrons. The largest absolute Gasteiger partial charge is 0.434 e. The fourth-order valence-electron chi connectivity index (χ4n) is 2.31. The van der Waals surface area contributed by atoms with E-state index in [0.29, 0.717) is 25.3 Å². The number of aromatic nitrogens is 2. The molecule has 0 aliphatic rings. The van der Waals surface area contributed by atoms with Crippen LogP contribution >= 0.6 is 0 Å². The zero-order chi connectivity index (χ0) is 20.2. The molecule has 0 bridgehead atoms. The molecule has 27 heavy (non-hydrogen) atoms. The summed E-state index contributed by atoms with van der Waals surface area (Å²) in [6.45, 7) is 0.370. The second kappa shape index (κ2) is 7.99. The summed E-state index contributed by atoms with van der Waals surface area (Å²) >= 11 is 0. The van der Waals surface area contributed by atoms with Gasteiger partial charge in [-0.25, -0.2) is 4.68 Å². The van der Waals surface area contributed by atoms with E-state index in [0.717, 1.165) is 18.2 Å². The van der Waals surface area contributed by atoms with Crippen molar-refractivity contribution in [3.63, 3.8) is 0 Å². The van der Waals surface area contributed by atoms with Crippen LogP contribution < -0.4 is 5.32 Å². The predicted molar refractivity (Wildman–Crippen MR) is 82.4 cm³/mol. The quantitative estimate of drug-likeness (QED) is 0.600.